The largest absolute Gasteiger partial charge is 0.478 e. The van der Waals surface area contributed by atoms with Crippen LogP contribution in [-0.2, 0) is 11.2 Å². The van der Waals surface area contributed by atoms with E-state index in [9.17, 15) is 9.59 Å². The maximum atomic E-state index is 12.2. The molecule has 0 spiro atoms. The number of likely N-dealkylation sites (N-methyl/N-ethyl adjacent to an activating group) is 1. The predicted octanol–water partition coefficient (Wildman–Crippen LogP) is 2.59. The number of nitrogens with zero attached hydrogens (tertiary/aromatic N) is 2. The molecule has 25 heavy (non-hydrogen) atoms. The molecule has 1 amide bonds. The van der Waals surface area contributed by atoms with Crippen molar-refractivity contribution in [1.82, 2.24) is 9.88 Å². The second-order valence-corrected chi connectivity index (χ2v) is 6.17. The Labute approximate surface area is 147 Å². The quantitative estimate of drug-likeness (QED) is 0.809. The van der Waals surface area contributed by atoms with Crippen LogP contribution in [0.4, 0.5) is 5.69 Å². The lowest BCUT2D eigenvalue weighted by atomic mass is 10.1. The fraction of sp³-hybridized carbons (Fsp3) is 0.316. The molecule has 0 aliphatic carbocycles. The molecule has 1 aromatic carbocycles. The zero-order valence-electron chi connectivity index (χ0n) is 14.7. The molecule has 1 aromatic heterocycles. The van der Waals surface area contributed by atoms with Gasteiger partial charge in [0.2, 0.25) is 5.91 Å². The van der Waals surface area contributed by atoms with Gasteiger partial charge in [0.15, 0.2) is 0 Å². The minimum absolute atomic E-state index is 0.143. The molecule has 0 saturated heterocycles. The van der Waals surface area contributed by atoms with Gasteiger partial charge in [0, 0.05) is 30.0 Å². The van der Waals surface area contributed by atoms with Crippen molar-refractivity contribution in [1.29, 1.82) is 0 Å². The molecule has 0 unspecified atom stereocenters. The van der Waals surface area contributed by atoms with Crippen molar-refractivity contribution >= 4 is 17.6 Å². The minimum Gasteiger partial charge on any atom is -0.478 e. The first kappa shape index (κ1) is 18.6. The van der Waals surface area contributed by atoms with Crippen molar-refractivity contribution < 1.29 is 14.7 Å². The molecule has 132 valence electrons. The maximum Gasteiger partial charge on any atom is 0.335 e. The summed E-state index contributed by atoms with van der Waals surface area (Å²) in [6, 6.07) is 10.3. The zero-order valence-corrected chi connectivity index (χ0v) is 14.7. The highest BCUT2D eigenvalue weighted by atomic mass is 16.4. The predicted molar refractivity (Wildman–Crippen MR) is 96.8 cm³/mol. The van der Waals surface area contributed by atoms with E-state index in [-0.39, 0.29) is 24.1 Å². The highest BCUT2D eigenvalue weighted by Gasteiger charge is 2.15. The minimum atomic E-state index is -1.02. The topological polar surface area (TPSA) is 82.5 Å². The molecule has 0 aliphatic heterocycles. The second-order valence-electron chi connectivity index (χ2n) is 6.17. The number of amides is 1. The Hall–Kier alpha value is -2.73. The first-order valence-corrected chi connectivity index (χ1v) is 8.10. The van der Waals surface area contributed by atoms with Gasteiger partial charge in [0.1, 0.15) is 0 Å². The number of anilines is 1. The summed E-state index contributed by atoms with van der Waals surface area (Å²) < 4.78 is 0. The number of carbonyl (C=O) groups excluding carboxylic acids is 1. The third-order valence-electron chi connectivity index (χ3n) is 4.15. The molecule has 0 saturated carbocycles. The Bertz CT molecular complexity index is 761. The third-order valence-corrected chi connectivity index (χ3v) is 4.15. The number of pyridine rings is 1. The molecular formula is C19H23N3O3. The van der Waals surface area contributed by atoms with Gasteiger partial charge in [-0.3, -0.25) is 14.7 Å². The van der Waals surface area contributed by atoms with E-state index in [2.05, 4.69) is 10.3 Å². The molecule has 0 radical (unpaired) electrons. The molecular weight excluding hydrogens is 318 g/mol. The highest BCUT2D eigenvalue weighted by molar-refractivity contribution is 5.94. The van der Waals surface area contributed by atoms with Crippen LogP contribution >= 0.6 is 0 Å². The fourth-order valence-electron chi connectivity index (χ4n) is 2.48. The lowest BCUT2D eigenvalue weighted by molar-refractivity contribution is -0.117. The average Bonchev–Trinajstić information content (AvgIpc) is 2.56. The summed E-state index contributed by atoms with van der Waals surface area (Å²) in [5.74, 6) is -1.21. The van der Waals surface area contributed by atoms with Gasteiger partial charge in [-0.2, -0.15) is 0 Å². The Kier molecular flexibility index (Phi) is 6.25. The van der Waals surface area contributed by atoms with E-state index >= 15 is 0 Å². The molecule has 2 rings (SSSR count). The SMILES string of the molecule is Cc1cccnc1C[C@@H](C)N(C)CC(=O)Nc1cccc(C(=O)O)c1. The van der Waals surface area contributed by atoms with Gasteiger partial charge < -0.3 is 10.4 Å². The molecule has 0 aliphatic rings. The normalized spacial score (nSPS) is 12.0. The number of rotatable bonds is 7. The number of carboxylic acids is 1. The first-order chi connectivity index (χ1) is 11.9. The lowest BCUT2D eigenvalue weighted by Gasteiger charge is -2.24. The van der Waals surface area contributed by atoms with Crippen LogP contribution in [0, 0.1) is 6.92 Å². The fourth-order valence-corrected chi connectivity index (χ4v) is 2.48. The molecule has 1 heterocycles. The summed E-state index contributed by atoms with van der Waals surface area (Å²) in [4.78, 5) is 29.5. The smallest absolute Gasteiger partial charge is 0.335 e. The second kappa shape index (κ2) is 8.39. The summed E-state index contributed by atoms with van der Waals surface area (Å²) in [5, 5.41) is 11.7. The van der Waals surface area contributed by atoms with E-state index in [1.54, 1.807) is 18.3 Å². The number of aromatic carboxylic acids is 1. The van der Waals surface area contributed by atoms with Crippen molar-refractivity contribution in [3.63, 3.8) is 0 Å². The summed E-state index contributed by atoms with van der Waals surface area (Å²) >= 11 is 0. The van der Waals surface area contributed by atoms with Crippen molar-refractivity contribution in [2.24, 2.45) is 0 Å². The van der Waals surface area contributed by atoms with E-state index < -0.39 is 5.97 Å². The number of hydrogen-bond donors (Lipinski definition) is 2. The molecule has 2 aromatic rings. The van der Waals surface area contributed by atoms with Crippen molar-refractivity contribution in [3.8, 4) is 0 Å². The van der Waals surface area contributed by atoms with Gasteiger partial charge in [0.25, 0.3) is 0 Å². The van der Waals surface area contributed by atoms with Crippen LogP contribution in [-0.4, -0.2) is 46.5 Å². The van der Waals surface area contributed by atoms with E-state index in [0.29, 0.717) is 5.69 Å². The van der Waals surface area contributed by atoms with E-state index in [1.807, 2.05) is 37.9 Å². The first-order valence-electron chi connectivity index (χ1n) is 8.10. The number of carboxylic acid groups (broad SMARTS) is 1. The van der Waals surface area contributed by atoms with Crippen molar-refractivity contribution in [2.45, 2.75) is 26.3 Å². The maximum absolute atomic E-state index is 12.2. The summed E-state index contributed by atoms with van der Waals surface area (Å²) in [5.41, 5.74) is 2.78. The van der Waals surface area contributed by atoms with Gasteiger partial charge in [0.05, 0.1) is 12.1 Å². The van der Waals surface area contributed by atoms with Crippen LogP contribution < -0.4 is 5.32 Å². The Morgan fingerprint density at radius 2 is 2.04 bits per heavy atom. The zero-order chi connectivity index (χ0) is 18.4. The number of carbonyl (C=O) groups is 2. The van der Waals surface area contributed by atoms with E-state index in [0.717, 1.165) is 17.7 Å². The van der Waals surface area contributed by atoms with Gasteiger partial charge in [-0.25, -0.2) is 4.79 Å². The van der Waals surface area contributed by atoms with Gasteiger partial charge >= 0.3 is 5.97 Å². The molecule has 1 atom stereocenters. The summed E-state index contributed by atoms with van der Waals surface area (Å²) in [6.45, 7) is 4.29. The average molecular weight is 341 g/mol. The van der Waals surface area contributed by atoms with Crippen LogP contribution in [0.1, 0.15) is 28.5 Å². The van der Waals surface area contributed by atoms with Gasteiger partial charge in [-0.15, -0.1) is 0 Å². The van der Waals surface area contributed by atoms with Gasteiger partial charge in [-0.1, -0.05) is 12.1 Å². The molecule has 2 N–H and O–H groups in total. The Morgan fingerprint density at radius 1 is 1.28 bits per heavy atom. The summed E-state index contributed by atoms with van der Waals surface area (Å²) in [6.07, 6.45) is 2.53. The number of nitrogens with one attached hydrogen (secondary N) is 1. The van der Waals surface area contributed by atoms with Crippen LogP contribution in [0.15, 0.2) is 42.6 Å². The third kappa shape index (κ3) is 5.39. The monoisotopic (exact) mass is 341 g/mol. The van der Waals surface area contributed by atoms with Crippen molar-refractivity contribution in [2.75, 3.05) is 18.9 Å². The van der Waals surface area contributed by atoms with Gasteiger partial charge in [-0.05, 0) is 50.7 Å². The van der Waals surface area contributed by atoms with E-state index in [4.69, 9.17) is 5.11 Å². The van der Waals surface area contributed by atoms with Crippen molar-refractivity contribution in [3.05, 3.63) is 59.4 Å². The Morgan fingerprint density at radius 3 is 2.72 bits per heavy atom. The van der Waals surface area contributed by atoms with Crippen LogP contribution in [0.5, 0.6) is 0 Å². The molecule has 0 fully saturated rings. The summed E-state index contributed by atoms with van der Waals surface area (Å²) in [7, 11) is 1.89. The Balaban J connectivity index is 1.92. The van der Waals surface area contributed by atoms with Crippen LogP contribution in [0.3, 0.4) is 0 Å². The number of aryl methyl sites for hydroxylation is 1. The van der Waals surface area contributed by atoms with Crippen LogP contribution in [0.25, 0.3) is 0 Å². The highest BCUT2D eigenvalue weighted by Crippen LogP contribution is 2.12. The number of hydrogen-bond acceptors (Lipinski definition) is 4. The van der Waals surface area contributed by atoms with E-state index in [1.165, 1.54) is 12.1 Å². The lowest BCUT2D eigenvalue weighted by Crippen LogP contribution is -2.37. The number of aromatic nitrogens is 1. The van der Waals surface area contributed by atoms with Crippen LogP contribution in [0.2, 0.25) is 0 Å². The number of benzene rings is 1. The molecule has 0 bridgehead atoms. The standard InChI is InChI=1S/C19H23N3O3/c1-13-6-5-9-20-17(13)10-14(2)22(3)12-18(23)21-16-8-4-7-15(11-16)19(24)25/h4-9,11,14H,10,12H2,1-3H3,(H,21,23)(H,24,25)/t14-/m1/s1. The molecule has 6 heteroatoms. The molecule has 6 nitrogen and oxygen atoms in total.